The van der Waals surface area contributed by atoms with Gasteiger partial charge in [0.2, 0.25) is 11.6 Å². The quantitative estimate of drug-likeness (QED) is 0.334. The molecule has 146 valence electrons. The molecule has 0 bridgehead atoms. The van der Waals surface area contributed by atoms with E-state index in [4.69, 9.17) is 5.73 Å². The number of amides is 1. The largest absolute Gasteiger partial charge is 0.378 e. The van der Waals surface area contributed by atoms with Crippen molar-refractivity contribution in [3.05, 3.63) is 41.2 Å². The molecule has 1 amide bonds. The Hall–Kier alpha value is -3.25. The molecule has 0 fully saturated rings. The molecule has 1 aromatic carbocycles. The van der Waals surface area contributed by atoms with Crippen LogP contribution in [0.1, 0.15) is 21.7 Å². The van der Waals surface area contributed by atoms with Gasteiger partial charge in [0.15, 0.2) is 5.69 Å². The minimum Gasteiger partial charge on any atom is -0.378 e. The van der Waals surface area contributed by atoms with Crippen LogP contribution >= 0.6 is 11.8 Å². The van der Waals surface area contributed by atoms with Crippen LogP contribution in [0.15, 0.2) is 38.9 Å². The van der Waals surface area contributed by atoms with Crippen LogP contribution in [0.25, 0.3) is 5.82 Å². The average Bonchev–Trinajstić information content (AvgIpc) is 3.27. The van der Waals surface area contributed by atoms with Gasteiger partial charge in [-0.05, 0) is 48.4 Å². The first-order valence-corrected chi connectivity index (χ1v) is 9.37. The highest BCUT2D eigenvalue weighted by molar-refractivity contribution is 7.98. The Kier molecular flexibility index (Phi) is 6.01. The van der Waals surface area contributed by atoms with Crippen molar-refractivity contribution in [3.63, 3.8) is 0 Å². The van der Waals surface area contributed by atoms with E-state index in [0.717, 1.165) is 10.5 Å². The van der Waals surface area contributed by atoms with Gasteiger partial charge >= 0.3 is 0 Å². The number of nitrogens with two attached hydrogens (primary N) is 1. The molecule has 3 aromatic rings. The van der Waals surface area contributed by atoms with Gasteiger partial charge in [0.05, 0.1) is 11.9 Å². The molecule has 12 heteroatoms. The number of aromatic nitrogens is 5. The average molecular weight is 401 g/mol. The summed E-state index contributed by atoms with van der Waals surface area (Å²) in [5.74, 6) is -0.292. The number of carbonyl (C=O) groups is 1. The maximum absolute atomic E-state index is 12.6. The van der Waals surface area contributed by atoms with Gasteiger partial charge in [-0.3, -0.25) is 4.79 Å². The van der Waals surface area contributed by atoms with E-state index in [2.05, 4.69) is 35.8 Å². The van der Waals surface area contributed by atoms with Crippen LogP contribution in [-0.2, 0) is 6.54 Å². The second kappa shape index (κ2) is 8.63. The fraction of sp³-hybridized carbons (Fsp3) is 0.250. The van der Waals surface area contributed by atoms with Crippen LogP contribution in [0.5, 0.6) is 0 Å². The SMILES string of the molecule is CSc1ccc(/C=N\NC(=O)c2nnn(-c3nonc3N)c2CN(C)C)cc1. The van der Waals surface area contributed by atoms with Crippen molar-refractivity contribution in [1.82, 2.24) is 35.6 Å². The molecular formula is C16H19N9O2S. The Bertz CT molecular complexity index is 978. The minimum absolute atomic E-state index is 0.0450. The van der Waals surface area contributed by atoms with Crippen molar-refractivity contribution >= 4 is 29.7 Å². The zero-order chi connectivity index (χ0) is 20.1. The molecule has 0 aliphatic rings. The van der Waals surface area contributed by atoms with Crippen molar-refractivity contribution in [2.45, 2.75) is 11.4 Å². The Morgan fingerprint density at radius 2 is 2.11 bits per heavy atom. The van der Waals surface area contributed by atoms with Crippen molar-refractivity contribution in [3.8, 4) is 5.82 Å². The zero-order valence-corrected chi connectivity index (χ0v) is 16.3. The van der Waals surface area contributed by atoms with E-state index in [1.807, 2.05) is 49.5 Å². The summed E-state index contributed by atoms with van der Waals surface area (Å²) in [6.07, 6.45) is 3.56. The third-order valence-corrected chi connectivity index (χ3v) is 4.38. The van der Waals surface area contributed by atoms with E-state index in [1.165, 1.54) is 4.68 Å². The molecule has 0 radical (unpaired) electrons. The summed E-state index contributed by atoms with van der Waals surface area (Å²) in [5.41, 5.74) is 9.63. The summed E-state index contributed by atoms with van der Waals surface area (Å²) in [6.45, 7) is 0.363. The summed E-state index contributed by atoms with van der Waals surface area (Å²) < 4.78 is 5.93. The first kappa shape index (κ1) is 19.5. The predicted octanol–water partition coefficient (Wildman–Crippen LogP) is 0.780. The molecule has 2 aromatic heterocycles. The van der Waals surface area contributed by atoms with Gasteiger partial charge in [-0.2, -0.15) is 9.78 Å². The summed E-state index contributed by atoms with van der Waals surface area (Å²) >= 11 is 1.65. The number of nitrogens with one attached hydrogen (secondary N) is 1. The lowest BCUT2D eigenvalue weighted by molar-refractivity contribution is 0.0948. The van der Waals surface area contributed by atoms with Crippen molar-refractivity contribution in [2.24, 2.45) is 5.10 Å². The van der Waals surface area contributed by atoms with Gasteiger partial charge < -0.3 is 10.6 Å². The highest BCUT2D eigenvalue weighted by Crippen LogP contribution is 2.17. The number of carbonyl (C=O) groups excluding carboxylic acids is 1. The first-order valence-electron chi connectivity index (χ1n) is 8.14. The number of nitrogens with zero attached hydrogens (tertiary/aromatic N) is 7. The molecule has 0 saturated heterocycles. The standard InChI is InChI=1S/C16H19N9O2S/c1-24(2)9-12-13(19-23-25(12)15-14(17)21-27-22-15)16(26)20-18-8-10-4-6-11(28-3)7-5-10/h4-8H,9H2,1-3H3,(H2,17,21)(H,20,26)/b18-8-. The molecule has 0 atom stereocenters. The number of hydrogen-bond donors (Lipinski definition) is 2. The predicted molar refractivity (Wildman–Crippen MR) is 104 cm³/mol. The van der Waals surface area contributed by atoms with E-state index >= 15 is 0 Å². The van der Waals surface area contributed by atoms with Crippen LogP contribution < -0.4 is 11.2 Å². The van der Waals surface area contributed by atoms with E-state index in [9.17, 15) is 4.79 Å². The highest BCUT2D eigenvalue weighted by Gasteiger charge is 2.24. The number of hydrogen-bond acceptors (Lipinski definition) is 10. The maximum atomic E-state index is 12.6. The first-order chi connectivity index (χ1) is 13.5. The monoisotopic (exact) mass is 401 g/mol. The normalized spacial score (nSPS) is 11.4. The summed E-state index contributed by atoms with van der Waals surface area (Å²) in [4.78, 5) is 15.6. The number of thioether (sulfide) groups is 1. The van der Waals surface area contributed by atoms with Crippen molar-refractivity contribution in [2.75, 3.05) is 26.1 Å². The molecule has 0 spiro atoms. The second-order valence-corrected chi connectivity index (χ2v) is 6.86. The fourth-order valence-corrected chi connectivity index (χ4v) is 2.74. The maximum Gasteiger partial charge on any atom is 0.293 e. The molecule has 11 nitrogen and oxygen atoms in total. The van der Waals surface area contributed by atoms with E-state index in [1.54, 1.807) is 18.0 Å². The van der Waals surface area contributed by atoms with Gasteiger partial charge in [-0.1, -0.05) is 17.3 Å². The van der Waals surface area contributed by atoms with E-state index in [0.29, 0.717) is 12.2 Å². The van der Waals surface area contributed by atoms with E-state index in [-0.39, 0.29) is 17.3 Å². The Morgan fingerprint density at radius 1 is 1.36 bits per heavy atom. The number of benzene rings is 1. The fourth-order valence-electron chi connectivity index (χ4n) is 2.34. The van der Waals surface area contributed by atoms with Crippen LogP contribution in [0.2, 0.25) is 0 Å². The second-order valence-electron chi connectivity index (χ2n) is 5.98. The lowest BCUT2D eigenvalue weighted by Gasteiger charge is -2.11. The highest BCUT2D eigenvalue weighted by atomic mass is 32.2. The number of hydrazone groups is 1. The summed E-state index contributed by atoms with van der Waals surface area (Å²) in [6, 6.07) is 7.78. The minimum atomic E-state index is -0.505. The lowest BCUT2D eigenvalue weighted by Crippen LogP contribution is -2.23. The number of anilines is 1. The van der Waals surface area contributed by atoms with Crippen LogP contribution in [0.4, 0.5) is 5.82 Å². The molecule has 2 heterocycles. The van der Waals surface area contributed by atoms with Gasteiger partial charge in [0, 0.05) is 11.4 Å². The zero-order valence-electron chi connectivity index (χ0n) is 15.5. The summed E-state index contributed by atoms with van der Waals surface area (Å²) in [5, 5.41) is 19.1. The molecule has 28 heavy (non-hydrogen) atoms. The third kappa shape index (κ3) is 4.35. The molecule has 0 aliphatic heterocycles. The van der Waals surface area contributed by atoms with Gasteiger partial charge in [-0.25, -0.2) is 10.1 Å². The smallest absolute Gasteiger partial charge is 0.293 e. The molecular weight excluding hydrogens is 382 g/mol. The Labute approximate surface area is 164 Å². The Morgan fingerprint density at radius 3 is 2.71 bits per heavy atom. The Balaban J connectivity index is 1.79. The van der Waals surface area contributed by atoms with E-state index < -0.39 is 5.91 Å². The van der Waals surface area contributed by atoms with Gasteiger partial charge in [-0.15, -0.1) is 16.9 Å². The molecule has 0 aliphatic carbocycles. The van der Waals surface area contributed by atoms with Crippen LogP contribution in [0, 0.1) is 0 Å². The summed E-state index contributed by atoms with van der Waals surface area (Å²) in [7, 11) is 3.69. The van der Waals surface area contributed by atoms with Gasteiger partial charge in [0.25, 0.3) is 5.91 Å². The number of nitrogen functional groups attached to an aromatic ring is 1. The third-order valence-electron chi connectivity index (χ3n) is 3.64. The molecule has 3 N–H and O–H groups in total. The van der Waals surface area contributed by atoms with Crippen LogP contribution in [0.3, 0.4) is 0 Å². The topological polar surface area (TPSA) is 140 Å². The molecule has 0 unspecified atom stereocenters. The van der Waals surface area contributed by atoms with Gasteiger partial charge in [0.1, 0.15) is 0 Å². The van der Waals surface area contributed by atoms with Crippen LogP contribution in [-0.4, -0.2) is 62.7 Å². The molecule has 3 rings (SSSR count). The van der Waals surface area contributed by atoms with Crippen molar-refractivity contribution < 1.29 is 9.42 Å². The lowest BCUT2D eigenvalue weighted by atomic mass is 10.2. The van der Waals surface area contributed by atoms with Crippen molar-refractivity contribution in [1.29, 1.82) is 0 Å². The number of rotatable bonds is 7. The molecule has 0 saturated carbocycles.